The fourth-order valence-electron chi connectivity index (χ4n) is 4.75. The molecule has 5 rings (SSSR count). The number of thioether (sulfide) groups is 1. The summed E-state index contributed by atoms with van der Waals surface area (Å²) in [5.74, 6) is 0.306. The van der Waals surface area contributed by atoms with Crippen LogP contribution in [0.25, 0.3) is 5.65 Å². The van der Waals surface area contributed by atoms with Crippen molar-refractivity contribution >= 4 is 38.2 Å². The highest BCUT2D eigenvalue weighted by molar-refractivity contribution is 8.13. The molecule has 180 valence electrons. The molecule has 11 heteroatoms. The zero-order valence-electron chi connectivity index (χ0n) is 19.2. The fourth-order valence-corrected chi connectivity index (χ4v) is 6.60. The van der Waals surface area contributed by atoms with Crippen LogP contribution in [0.5, 0.6) is 0 Å². The van der Waals surface area contributed by atoms with Crippen LogP contribution in [-0.4, -0.2) is 66.5 Å². The summed E-state index contributed by atoms with van der Waals surface area (Å²) in [5.41, 5.74) is 1.98. The average Bonchev–Trinajstić information content (AvgIpc) is 3.70. The number of alkyl halides is 1. The Morgan fingerprint density at radius 2 is 2.00 bits per heavy atom. The lowest BCUT2D eigenvalue weighted by molar-refractivity contribution is 0.393. The van der Waals surface area contributed by atoms with Gasteiger partial charge in [0.2, 0.25) is 10.0 Å². The maximum atomic E-state index is 13.5. The number of nitrogens with one attached hydrogen (secondary N) is 3. The molecule has 0 aromatic carbocycles. The lowest BCUT2D eigenvalue weighted by Gasteiger charge is -2.37. The Morgan fingerprint density at radius 1 is 1.33 bits per heavy atom. The van der Waals surface area contributed by atoms with E-state index in [9.17, 15) is 12.8 Å². The first-order valence-electron chi connectivity index (χ1n) is 11.5. The number of sulfonamides is 1. The van der Waals surface area contributed by atoms with Gasteiger partial charge in [-0.05, 0) is 51.9 Å². The van der Waals surface area contributed by atoms with Gasteiger partial charge in [0.1, 0.15) is 22.3 Å². The molecule has 3 aliphatic rings. The first-order valence-corrected chi connectivity index (χ1v) is 14.2. The second kappa shape index (κ2) is 8.21. The molecule has 3 N–H and O–H groups in total. The summed E-state index contributed by atoms with van der Waals surface area (Å²) >= 11 is 1.32. The largest absolute Gasteiger partial charge is 0.365 e. The number of halogens is 1. The lowest BCUT2D eigenvalue weighted by Crippen LogP contribution is -2.54. The molecule has 2 atom stereocenters. The van der Waals surface area contributed by atoms with Gasteiger partial charge in [0, 0.05) is 37.3 Å². The summed E-state index contributed by atoms with van der Waals surface area (Å²) < 4.78 is 44.6. The van der Waals surface area contributed by atoms with Gasteiger partial charge in [-0.3, -0.25) is 9.81 Å². The minimum absolute atomic E-state index is 0.0819. The molecule has 0 bridgehead atoms. The molecule has 1 saturated heterocycles. The Balaban J connectivity index is 1.70. The second-order valence-electron chi connectivity index (χ2n) is 9.80. The Labute approximate surface area is 198 Å². The van der Waals surface area contributed by atoms with Gasteiger partial charge < -0.3 is 10.2 Å². The Morgan fingerprint density at radius 3 is 2.55 bits per heavy atom. The minimum atomic E-state index is -3.95. The summed E-state index contributed by atoms with van der Waals surface area (Å²) in [5, 5.41) is 12.5. The Bertz CT molecular complexity index is 1200. The standard InChI is InChI=1S/C22H31FN6O2S2/c1-13-9-28(10-14(2)25-13)17-8-16(33(30,31)27-22(12-23)6-7-22)11-29-19(20(24)32-3)18(15-4-5-15)26-21(17)29/h8,11,13-15,24-25,27H,4-7,9-10,12H2,1-3H3/t13-,14-/m0/s1. The van der Waals surface area contributed by atoms with Gasteiger partial charge in [-0.25, -0.2) is 22.5 Å². The van der Waals surface area contributed by atoms with Crippen molar-refractivity contribution in [2.45, 2.75) is 68.0 Å². The van der Waals surface area contributed by atoms with E-state index in [-0.39, 0.29) is 17.0 Å². The van der Waals surface area contributed by atoms with E-state index < -0.39 is 22.2 Å². The molecule has 1 aliphatic heterocycles. The first kappa shape index (κ1) is 23.1. The van der Waals surface area contributed by atoms with Crippen LogP contribution in [0.2, 0.25) is 0 Å². The van der Waals surface area contributed by atoms with E-state index in [1.165, 1.54) is 11.8 Å². The molecule has 33 heavy (non-hydrogen) atoms. The zero-order chi connectivity index (χ0) is 23.5. The Hall–Kier alpha value is -1.69. The van der Waals surface area contributed by atoms with Crippen molar-refractivity contribution < 1.29 is 12.8 Å². The van der Waals surface area contributed by atoms with Crippen molar-refractivity contribution in [2.24, 2.45) is 0 Å². The van der Waals surface area contributed by atoms with Gasteiger partial charge in [-0.2, -0.15) is 0 Å². The van der Waals surface area contributed by atoms with Crippen molar-refractivity contribution in [3.63, 3.8) is 0 Å². The maximum Gasteiger partial charge on any atom is 0.242 e. The van der Waals surface area contributed by atoms with Crippen LogP contribution in [0.15, 0.2) is 17.2 Å². The fraction of sp³-hybridized carbons (Fsp3) is 0.636. The third-order valence-corrected chi connectivity index (χ3v) is 8.90. The first-order chi connectivity index (χ1) is 15.7. The number of pyridine rings is 1. The molecule has 0 spiro atoms. The number of hydrogen-bond acceptors (Lipinski definition) is 7. The van der Waals surface area contributed by atoms with Crippen molar-refractivity contribution in [1.29, 1.82) is 5.41 Å². The number of rotatable bonds is 7. The molecule has 3 fully saturated rings. The monoisotopic (exact) mass is 494 g/mol. The number of piperazine rings is 1. The molecule has 8 nitrogen and oxygen atoms in total. The summed E-state index contributed by atoms with van der Waals surface area (Å²) in [6.45, 7) is 4.93. The van der Waals surface area contributed by atoms with Gasteiger partial charge in [-0.1, -0.05) is 0 Å². The second-order valence-corrected chi connectivity index (χ2v) is 12.3. The van der Waals surface area contributed by atoms with E-state index >= 15 is 0 Å². The molecule has 3 heterocycles. The molecular weight excluding hydrogens is 463 g/mol. The third-order valence-electron chi connectivity index (χ3n) is 6.75. The normalized spacial score (nSPS) is 24.9. The number of fused-ring (bicyclic) bond motifs is 1. The van der Waals surface area contributed by atoms with Crippen molar-refractivity contribution in [3.8, 4) is 0 Å². The van der Waals surface area contributed by atoms with E-state index in [1.54, 1.807) is 16.7 Å². The average molecular weight is 495 g/mol. The number of hydrogen-bond donors (Lipinski definition) is 3. The molecule has 0 unspecified atom stereocenters. The van der Waals surface area contributed by atoms with E-state index in [1.807, 2.05) is 6.26 Å². The number of anilines is 1. The minimum Gasteiger partial charge on any atom is -0.365 e. The molecule has 2 aromatic rings. The van der Waals surface area contributed by atoms with E-state index in [0.29, 0.717) is 48.2 Å². The number of imidazole rings is 1. The highest BCUT2D eigenvalue weighted by Crippen LogP contribution is 2.43. The predicted octanol–water partition coefficient (Wildman–Crippen LogP) is 2.87. The maximum absolute atomic E-state index is 13.5. The van der Waals surface area contributed by atoms with Crippen molar-refractivity contribution in [2.75, 3.05) is 30.9 Å². The number of aromatic nitrogens is 2. The summed E-state index contributed by atoms with van der Waals surface area (Å²) in [6, 6.07) is 2.14. The smallest absolute Gasteiger partial charge is 0.242 e. The quantitative estimate of drug-likeness (QED) is 0.404. The SMILES string of the molecule is CSC(=N)c1c(C2CC2)nc2c(N3C[C@H](C)N[C@@H](C)C3)cc(S(=O)(=O)NC3(CF)CC3)cn12. The summed E-state index contributed by atoms with van der Waals surface area (Å²) in [4.78, 5) is 7.23. The van der Waals surface area contributed by atoms with Crippen molar-refractivity contribution in [3.05, 3.63) is 23.7 Å². The van der Waals surface area contributed by atoms with Gasteiger partial charge >= 0.3 is 0 Å². The van der Waals surface area contributed by atoms with Crippen molar-refractivity contribution in [1.82, 2.24) is 19.4 Å². The number of nitrogens with zero attached hydrogens (tertiary/aromatic N) is 3. The molecule has 2 saturated carbocycles. The predicted molar refractivity (Wildman–Crippen MR) is 130 cm³/mol. The van der Waals surface area contributed by atoms with Crippen LogP contribution < -0.4 is 14.9 Å². The summed E-state index contributed by atoms with van der Waals surface area (Å²) in [6.07, 6.45) is 6.47. The van der Waals surface area contributed by atoms with E-state index in [0.717, 1.165) is 24.2 Å². The van der Waals surface area contributed by atoms with Crippen LogP contribution in [0.3, 0.4) is 0 Å². The zero-order valence-corrected chi connectivity index (χ0v) is 20.8. The van der Waals surface area contributed by atoms with E-state index in [2.05, 4.69) is 28.8 Å². The third kappa shape index (κ3) is 4.28. The topological polar surface area (TPSA) is 103 Å². The van der Waals surface area contributed by atoms with Crippen LogP contribution in [0, 0.1) is 5.41 Å². The summed E-state index contributed by atoms with van der Waals surface area (Å²) in [7, 11) is -3.95. The van der Waals surface area contributed by atoms with Crippen LogP contribution in [0.1, 0.15) is 56.8 Å². The highest BCUT2D eigenvalue weighted by atomic mass is 32.2. The van der Waals surface area contributed by atoms with Crippen LogP contribution in [0.4, 0.5) is 10.1 Å². The van der Waals surface area contributed by atoms with Gasteiger partial charge in [0.25, 0.3) is 0 Å². The Kier molecular flexibility index (Phi) is 5.74. The molecule has 2 aromatic heterocycles. The van der Waals surface area contributed by atoms with Gasteiger partial charge in [-0.15, -0.1) is 11.8 Å². The molecular formula is C22H31FN6O2S2. The van der Waals surface area contributed by atoms with Crippen LogP contribution in [-0.2, 0) is 10.0 Å². The van der Waals surface area contributed by atoms with Gasteiger partial charge in [0.15, 0.2) is 5.65 Å². The van der Waals surface area contributed by atoms with E-state index in [4.69, 9.17) is 10.4 Å². The molecule has 0 radical (unpaired) electrons. The highest BCUT2D eigenvalue weighted by Gasteiger charge is 2.46. The van der Waals surface area contributed by atoms with Crippen LogP contribution >= 0.6 is 11.8 Å². The molecule has 2 aliphatic carbocycles. The van der Waals surface area contributed by atoms with Gasteiger partial charge in [0.05, 0.1) is 16.9 Å². The lowest BCUT2D eigenvalue weighted by atomic mass is 10.1. The molecule has 0 amide bonds.